The van der Waals surface area contributed by atoms with E-state index < -0.39 is 0 Å². The predicted octanol–water partition coefficient (Wildman–Crippen LogP) is 10.9. The minimum Gasteiger partial charge on any atom is -0.311 e. The zero-order valence-corrected chi connectivity index (χ0v) is 28.8. The molecule has 2 unspecified atom stereocenters. The van der Waals surface area contributed by atoms with E-state index in [-0.39, 0.29) is 11.8 Å². The zero-order valence-electron chi connectivity index (χ0n) is 28.8. The summed E-state index contributed by atoms with van der Waals surface area (Å²) in [6, 6.07) is 38.5. The van der Waals surface area contributed by atoms with Gasteiger partial charge in [-0.3, -0.25) is 19.9 Å². The summed E-state index contributed by atoms with van der Waals surface area (Å²) in [5.74, 6) is 0.418. The van der Waals surface area contributed by atoms with Crippen molar-refractivity contribution in [3.05, 3.63) is 170 Å². The number of pyridine rings is 4. The summed E-state index contributed by atoms with van der Waals surface area (Å²) in [6.07, 6.45) is 16.4. The SMILES string of the molecule is Cc1ccc2c(c1)c1ccncc1n2C1=CC=CC(c2ccc(-c3ccc(-c4ccc(-n5c6ccccc6c6ncccc65)cc4)cn3)nc2)C1C. The summed E-state index contributed by atoms with van der Waals surface area (Å²) in [5, 5.41) is 3.64. The highest BCUT2D eigenvalue weighted by Gasteiger charge is 2.27. The van der Waals surface area contributed by atoms with Crippen molar-refractivity contribution in [3.63, 3.8) is 0 Å². The Morgan fingerprint density at radius 1 is 0.577 bits per heavy atom. The highest BCUT2D eigenvalue weighted by molar-refractivity contribution is 6.10. The second kappa shape index (κ2) is 12.0. The lowest BCUT2D eigenvalue weighted by molar-refractivity contribution is 0.629. The van der Waals surface area contributed by atoms with Gasteiger partial charge in [0.05, 0.1) is 45.2 Å². The number of nitrogens with zero attached hydrogens (tertiary/aromatic N) is 6. The molecule has 6 nitrogen and oxygen atoms in total. The maximum Gasteiger partial charge on any atom is 0.0963 e. The molecule has 6 aromatic heterocycles. The summed E-state index contributed by atoms with van der Waals surface area (Å²) < 4.78 is 4.67. The van der Waals surface area contributed by atoms with Gasteiger partial charge < -0.3 is 9.13 Å². The number of allylic oxidation sites excluding steroid dienone is 4. The average molecular weight is 671 g/mol. The summed E-state index contributed by atoms with van der Waals surface area (Å²) in [7, 11) is 0. The van der Waals surface area contributed by atoms with Crippen LogP contribution in [0.1, 0.15) is 24.0 Å². The van der Waals surface area contributed by atoms with Crippen LogP contribution in [0.3, 0.4) is 0 Å². The van der Waals surface area contributed by atoms with Gasteiger partial charge in [-0.05, 0) is 84.8 Å². The van der Waals surface area contributed by atoms with E-state index >= 15 is 0 Å². The molecule has 0 saturated carbocycles. The fraction of sp³-hybridized carbons (Fsp3) is 0.0870. The molecular weight excluding hydrogens is 637 g/mol. The van der Waals surface area contributed by atoms with Crippen molar-refractivity contribution >= 4 is 49.4 Å². The van der Waals surface area contributed by atoms with Gasteiger partial charge in [0.15, 0.2) is 0 Å². The van der Waals surface area contributed by atoms with Gasteiger partial charge in [0.2, 0.25) is 0 Å². The third kappa shape index (κ3) is 4.79. The van der Waals surface area contributed by atoms with Crippen molar-refractivity contribution in [2.24, 2.45) is 5.92 Å². The van der Waals surface area contributed by atoms with Crippen molar-refractivity contribution in [3.8, 4) is 28.2 Å². The maximum atomic E-state index is 4.91. The first-order valence-electron chi connectivity index (χ1n) is 17.7. The summed E-state index contributed by atoms with van der Waals surface area (Å²) in [6.45, 7) is 4.46. The number of rotatable bonds is 5. The monoisotopic (exact) mass is 670 g/mol. The van der Waals surface area contributed by atoms with Crippen LogP contribution in [0.15, 0.2) is 158 Å². The van der Waals surface area contributed by atoms with Crippen LogP contribution >= 0.6 is 0 Å². The molecule has 0 N–H and O–H groups in total. The van der Waals surface area contributed by atoms with Crippen LogP contribution in [0.25, 0.3) is 77.6 Å². The van der Waals surface area contributed by atoms with Gasteiger partial charge in [-0.25, -0.2) is 0 Å². The molecule has 1 aliphatic carbocycles. The molecule has 248 valence electrons. The molecule has 10 rings (SSSR count). The van der Waals surface area contributed by atoms with Crippen molar-refractivity contribution in [1.29, 1.82) is 0 Å². The van der Waals surface area contributed by atoms with Gasteiger partial charge in [-0.2, -0.15) is 0 Å². The Hall–Kier alpha value is -6.66. The number of aromatic nitrogens is 6. The number of para-hydroxylation sites is 1. The maximum absolute atomic E-state index is 4.91. The number of aryl methyl sites for hydroxylation is 1. The Morgan fingerprint density at radius 3 is 2.19 bits per heavy atom. The van der Waals surface area contributed by atoms with Gasteiger partial charge >= 0.3 is 0 Å². The minimum absolute atomic E-state index is 0.188. The zero-order chi connectivity index (χ0) is 34.8. The van der Waals surface area contributed by atoms with Crippen LogP contribution in [0.5, 0.6) is 0 Å². The second-order valence-electron chi connectivity index (χ2n) is 13.7. The Balaban J connectivity index is 0.899. The average Bonchev–Trinajstić information content (AvgIpc) is 3.71. The van der Waals surface area contributed by atoms with Crippen LogP contribution in [-0.4, -0.2) is 29.1 Å². The number of fused-ring (bicyclic) bond motifs is 6. The molecule has 0 saturated heterocycles. The number of benzene rings is 3. The van der Waals surface area contributed by atoms with Crippen molar-refractivity contribution < 1.29 is 0 Å². The van der Waals surface area contributed by atoms with E-state index in [2.05, 4.69) is 154 Å². The van der Waals surface area contributed by atoms with Gasteiger partial charge in [0.25, 0.3) is 0 Å². The third-order valence-electron chi connectivity index (χ3n) is 10.7. The normalized spacial score (nSPS) is 15.9. The summed E-state index contributed by atoms with van der Waals surface area (Å²) >= 11 is 0. The highest BCUT2D eigenvalue weighted by atomic mass is 15.0. The molecule has 6 heterocycles. The van der Waals surface area contributed by atoms with Gasteiger partial charge in [0, 0.05) is 69.7 Å². The van der Waals surface area contributed by atoms with Crippen LogP contribution in [0.4, 0.5) is 0 Å². The molecule has 0 fully saturated rings. The standard InChI is InChI=1S/C46H34N6/c1-29-12-21-43-38(25-29)36-22-24-47-28-45(36)52(43)41-10-5-8-35(30(41)2)33-16-20-40(50-27-33)39-19-15-32(26-49-39)31-13-17-34(18-14-31)51-42-9-4-3-7-37(42)46-44(51)11-6-23-48-46/h3-28,30,35H,1-2H3. The van der Waals surface area contributed by atoms with Crippen molar-refractivity contribution in [2.75, 3.05) is 0 Å². The quantitative estimate of drug-likeness (QED) is 0.183. The molecule has 0 radical (unpaired) electrons. The van der Waals surface area contributed by atoms with E-state index in [1.165, 1.54) is 33.1 Å². The molecular formula is C46H34N6. The molecule has 1 aliphatic rings. The third-order valence-corrected chi connectivity index (χ3v) is 10.7. The first-order valence-corrected chi connectivity index (χ1v) is 17.7. The molecule has 0 aliphatic heterocycles. The van der Waals surface area contributed by atoms with E-state index in [1.807, 2.05) is 37.1 Å². The smallest absolute Gasteiger partial charge is 0.0963 e. The summed E-state index contributed by atoms with van der Waals surface area (Å²) in [4.78, 5) is 18.9. The largest absolute Gasteiger partial charge is 0.311 e. The molecule has 6 heteroatoms. The molecule has 0 spiro atoms. The van der Waals surface area contributed by atoms with Crippen LogP contribution in [-0.2, 0) is 0 Å². The van der Waals surface area contributed by atoms with Crippen molar-refractivity contribution in [1.82, 2.24) is 29.1 Å². The van der Waals surface area contributed by atoms with E-state index in [0.717, 1.165) is 55.7 Å². The summed E-state index contributed by atoms with van der Waals surface area (Å²) in [5.41, 5.74) is 14.3. The lowest BCUT2D eigenvalue weighted by atomic mass is 9.82. The highest BCUT2D eigenvalue weighted by Crippen LogP contribution is 2.41. The Kier molecular flexibility index (Phi) is 6.96. The van der Waals surface area contributed by atoms with Crippen molar-refractivity contribution in [2.45, 2.75) is 19.8 Å². The first-order chi connectivity index (χ1) is 25.6. The number of hydrogen-bond acceptors (Lipinski definition) is 4. The Labute approximate surface area is 301 Å². The molecule has 0 bridgehead atoms. The van der Waals surface area contributed by atoms with Gasteiger partial charge in [-0.1, -0.05) is 73.2 Å². The molecule has 2 atom stereocenters. The van der Waals surface area contributed by atoms with E-state index in [0.29, 0.717) is 0 Å². The lowest BCUT2D eigenvalue weighted by Gasteiger charge is -2.28. The van der Waals surface area contributed by atoms with E-state index in [9.17, 15) is 0 Å². The first kappa shape index (κ1) is 30.2. The second-order valence-corrected chi connectivity index (χ2v) is 13.7. The molecule has 3 aromatic carbocycles. The van der Waals surface area contributed by atoms with Crippen LogP contribution < -0.4 is 0 Å². The van der Waals surface area contributed by atoms with E-state index in [4.69, 9.17) is 9.97 Å². The lowest BCUT2D eigenvalue weighted by Crippen LogP contribution is -2.16. The van der Waals surface area contributed by atoms with Gasteiger partial charge in [0.1, 0.15) is 0 Å². The predicted molar refractivity (Wildman–Crippen MR) is 212 cm³/mol. The molecule has 0 amide bonds. The number of hydrogen-bond donors (Lipinski definition) is 0. The van der Waals surface area contributed by atoms with Crippen LogP contribution in [0.2, 0.25) is 0 Å². The molecule has 52 heavy (non-hydrogen) atoms. The molecule has 9 aromatic rings. The fourth-order valence-corrected chi connectivity index (χ4v) is 8.05. The Morgan fingerprint density at radius 2 is 1.37 bits per heavy atom. The fourth-order valence-electron chi connectivity index (χ4n) is 8.05. The van der Waals surface area contributed by atoms with Crippen LogP contribution in [0, 0.1) is 12.8 Å². The van der Waals surface area contributed by atoms with Gasteiger partial charge in [-0.15, -0.1) is 0 Å². The topological polar surface area (TPSA) is 61.4 Å². The van der Waals surface area contributed by atoms with E-state index in [1.54, 1.807) is 0 Å². The minimum atomic E-state index is 0.188. The Bertz CT molecular complexity index is 2800.